The van der Waals surface area contributed by atoms with E-state index >= 15 is 0 Å². The molecule has 1 nitrogen and oxygen atoms in total. The molecule has 0 heterocycles. The van der Waals surface area contributed by atoms with Crippen LogP contribution < -0.4 is 0 Å². The number of hydrogen-bond donors (Lipinski definition) is 1. The molecule has 0 aliphatic rings. The molecule has 94 valence electrons. The highest BCUT2D eigenvalue weighted by molar-refractivity contribution is 7.93. The highest BCUT2D eigenvalue weighted by atomic mass is 35.5. The molecule has 0 spiro atoms. The highest BCUT2D eigenvalue weighted by Crippen LogP contribution is 2.35. The average molecular weight is 284 g/mol. The minimum Gasteiger partial charge on any atom is -0.182 e. The molecule has 0 saturated carbocycles. The fraction of sp³-hybridized carbons (Fsp3) is 0.273. The van der Waals surface area contributed by atoms with Gasteiger partial charge in [-0.05, 0) is 30.2 Å². The lowest BCUT2D eigenvalue weighted by Crippen LogP contribution is -2.12. The summed E-state index contributed by atoms with van der Waals surface area (Å²) in [6, 6.07) is 4.20. The van der Waals surface area contributed by atoms with Crippen LogP contribution in [0.2, 0.25) is 5.02 Å². The highest BCUT2D eigenvalue weighted by Gasteiger charge is 2.37. The van der Waals surface area contributed by atoms with Crippen LogP contribution in [0.15, 0.2) is 23.6 Å². The van der Waals surface area contributed by atoms with Crippen LogP contribution in [0.4, 0.5) is 13.2 Å². The molecule has 1 aromatic carbocycles. The van der Waals surface area contributed by atoms with Gasteiger partial charge in [-0.1, -0.05) is 17.7 Å². The Morgan fingerprint density at radius 1 is 1.35 bits per heavy atom. The number of hydrogen-bond acceptors (Lipinski definition) is 1. The van der Waals surface area contributed by atoms with E-state index in [-0.39, 0.29) is 10.6 Å². The Hall–Kier alpha value is -0.650. The van der Waals surface area contributed by atoms with Crippen molar-refractivity contribution < 1.29 is 17.7 Å². The molecule has 1 rings (SSSR count). The normalized spacial score (nSPS) is 14.9. The molecule has 1 N–H and O–H groups in total. The SMILES string of the molecule is Cc1cc(Cl)cc(/C(=C\[S+](C)O)C(F)(F)F)c1. The molecular formula is C11H11ClF3OS+. The summed E-state index contributed by atoms with van der Waals surface area (Å²) in [5, 5.41) is 1.04. The predicted molar refractivity (Wildman–Crippen MR) is 66.1 cm³/mol. The maximum Gasteiger partial charge on any atom is 0.421 e. The van der Waals surface area contributed by atoms with E-state index in [2.05, 4.69) is 0 Å². The predicted octanol–water partition coefficient (Wildman–Crippen LogP) is 4.27. The third-order valence-electron chi connectivity index (χ3n) is 1.95. The standard InChI is InChI=1S/C11H11ClF3OS/c1-7-3-8(5-9(12)4-7)10(6-17(2)16)11(13,14)15/h3-6,16H,1-2H3/q+1/b10-6+. The summed E-state index contributed by atoms with van der Waals surface area (Å²) in [4.78, 5) is 0. The van der Waals surface area contributed by atoms with Gasteiger partial charge in [-0.2, -0.15) is 17.7 Å². The summed E-state index contributed by atoms with van der Waals surface area (Å²) in [5.41, 5.74) is -0.260. The summed E-state index contributed by atoms with van der Waals surface area (Å²) in [6.45, 7) is 1.66. The first kappa shape index (κ1) is 14.4. The first-order valence-electron chi connectivity index (χ1n) is 4.60. The molecule has 17 heavy (non-hydrogen) atoms. The number of benzene rings is 1. The molecule has 1 aromatic rings. The van der Waals surface area contributed by atoms with Gasteiger partial charge in [-0.25, -0.2) is 0 Å². The summed E-state index contributed by atoms with van der Waals surface area (Å²) in [6.07, 6.45) is -3.22. The van der Waals surface area contributed by atoms with Gasteiger partial charge in [0.25, 0.3) is 0 Å². The largest absolute Gasteiger partial charge is 0.421 e. The molecular weight excluding hydrogens is 273 g/mol. The zero-order chi connectivity index (χ0) is 13.2. The zero-order valence-corrected chi connectivity index (χ0v) is 10.7. The molecule has 0 amide bonds. The lowest BCUT2D eigenvalue weighted by atomic mass is 10.0. The van der Waals surface area contributed by atoms with Crippen molar-refractivity contribution in [2.24, 2.45) is 0 Å². The van der Waals surface area contributed by atoms with Gasteiger partial charge in [0.05, 0.1) is 0 Å². The van der Waals surface area contributed by atoms with Gasteiger partial charge in [0, 0.05) is 5.02 Å². The molecule has 0 aliphatic heterocycles. The lowest BCUT2D eigenvalue weighted by molar-refractivity contribution is -0.0688. The second-order valence-corrected chi connectivity index (χ2v) is 5.29. The Morgan fingerprint density at radius 2 is 1.94 bits per heavy atom. The molecule has 0 fully saturated rings. The van der Waals surface area contributed by atoms with E-state index in [9.17, 15) is 13.2 Å². The van der Waals surface area contributed by atoms with Crippen LogP contribution in [0, 0.1) is 6.92 Å². The summed E-state index contributed by atoms with van der Waals surface area (Å²) in [5.74, 6) is 0. The number of allylic oxidation sites excluding steroid dienone is 1. The molecule has 6 heteroatoms. The summed E-state index contributed by atoms with van der Waals surface area (Å²) >= 11 is 4.30. The quantitative estimate of drug-likeness (QED) is 0.804. The number of aryl methyl sites for hydroxylation is 1. The van der Waals surface area contributed by atoms with Crippen molar-refractivity contribution in [3.8, 4) is 0 Å². The van der Waals surface area contributed by atoms with Crippen LogP contribution in [0.5, 0.6) is 0 Å². The van der Waals surface area contributed by atoms with E-state index in [0.717, 1.165) is 5.41 Å². The summed E-state index contributed by atoms with van der Waals surface area (Å²) in [7, 11) is 0. The van der Waals surface area contributed by atoms with Crippen molar-refractivity contribution in [1.29, 1.82) is 0 Å². The Bertz CT molecular complexity index is 421. The monoisotopic (exact) mass is 283 g/mol. The lowest BCUT2D eigenvalue weighted by Gasteiger charge is -2.11. The fourth-order valence-corrected chi connectivity index (χ4v) is 2.26. The van der Waals surface area contributed by atoms with Crippen LogP contribution in [-0.2, 0) is 11.2 Å². The number of rotatable bonds is 2. The first-order chi connectivity index (χ1) is 7.70. The molecule has 0 aromatic heterocycles. The Morgan fingerprint density at radius 3 is 2.35 bits per heavy atom. The van der Waals surface area contributed by atoms with E-state index in [0.29, 0.717) is 5.56 Å². The molecule has 0 bridgehead atoms. The summed E-state index contributed by atoms with van der Waals surface area (Å²) < 4.78 is 47.5. The molecule has 1 atom stereocenters. The van der Waals surface area contributed by atoms with E-state index in [4.69, 9.17) is 16.2 Å². The van der Waals surface area contributed by atoms with Gasteiger partial charge in [0.15, 0.2) is 16.6 Å². The average Bonchev–Trinajstić information content (AvgIpc) is 2.10. The Labute approximate surface area is 105 Å². The smallest absolute Gasteiger partial charge is 0.182 e. The van der Waals surface area contributed by atoms with Crippen molar-refractivity contribution in [3.05, 3.63) is 39.8 Å². The van der Waals surface area contributed by atoms with Crippen molar-refractivity contribution in [2.45, 2.75) is 13.1 Å². The molecule has 0 saturated heterocycles. The molecule has 0 aliphatic carbocycles. The van der Waals surface area contributed by atoms with Gasteiger partial charge in [0.1, 0.15) is 11.8 Å². The third kappa shape index (κ3) is 4.26. The van der Waals surface area contributed by atoms with Crippen LogP contribution >= 0.6 is 11.6 Å². The minimum absolute atomic E-state index is 0.0316. The van der Waals surface area contributed by atoms with Gasteiger partial charge in [-0.15, -0.1) is 0 Å². The van der Waals surface area contributed by atoms with Gasteiger partial charge in [-0.3, -0.25) is 0 Å². The van der Waals surface area contributed by atoms with Crippen LogP contribution in [0.1, 0.15) is 11.1 Å². The number of halogens is 4. The van der Waals surface area contributed by atoms with Crippen LogP contribution in [-0.4, -0.2) is 17.0 Å². The fourth-order valence-electron chi connectivity index (χ4n) is 1.36. The van der Waals surface area contributed by atoms with Crippen molar-refractivity contribution >= 4 is 28.3 Å². The Balaban J connectivity index is 3.33. The van der Waals surface area contributed by atoms with Gasteiger partial charge in [0.2, 0.25) is 0 Å². The second kappa shape index (κ2) is 5.33. The second-order valence-electron chi connectivity index (χ2n) is 3.57. The van der Waals surface area contributed by atoms with Crippen LogP contribution in [0.3, 0.4) is 0 Å². The maximum absolute atomic E-state index is 12.8. The van der Waals surface area contributed by atoms with E-state index in [1.54, 1.807) is 13.0 Å². The van der Waals surface area contributed by atoms with E-state index < -0.39 is 22.9 Å². The number of alkyl halides is 3. The van der Waals surface area contributed by atoms with Crippen molar-refractivity contribution in [2.75, 3.05) is 6.26 Å². The first-order valence-corrected chi connectivity index (χ1v) is 6.63. The maximum atomic E-state index is 12.8. The van der Waals surface area contributed by atoms with Crippen molar-refractivity contribution in [3.63, 3.8) is 0 Å². The Kier molecular flexibility index (Phi) is 4.52. The van der Waals surface area contributed by atoms with Crippen LogP contribution in [0.25, 0.3) is 5.57 Å². The van der Waals surface area contributed by atoms with Gasteiger partial charge < -0.3 is 0 Å². The van der Waals surface area contributed by atoms with Gasteiger partial charge >= 0.3 is 6.18 Å². The van der Waals surface area contributed by atoms with E-state index in [1.807, 2.05) is 0 Å². The molecule has 0 radical (unpaired) electrons. The topological polar surface area (TPSA) is 20.2 Å². The zero-order valence-electron chi connectivity index (χ0n) is 9.18. The molecule has 1 unspecified atom stereocenters. The third-order valence-corrected chi connectivity index (χ3v) is 2.74. The minimum atomic E-state index is -4.51. The van der Waals surface area contributed by atoms with E-state index in [1.165, 1.54) is 18.4 Å². The van der Waals surface area contributed by atoms with Crippen molar-refractivity contribution in [1.82, 2.24) is 0 Å².